The van der Waals surface area contributed by atoms with Crippen molar-refractivity contribution in [3.05, 3.63) is 45.4 Å². The van der Waals surface area contributed by atoms with E-state index in [1.165, 1.54) is 11.1 Å². The average molecular weight is 290 g/mol. The maximum absolute atomic E-state index is 5.87. The monoisotopic (exact) mass is 290 g/mol. The lowest BCUT2D eigenvalue weighted by Gasteiger charge is -2.09. The van der Waals surface area contributed by atoms with Crippen LogP contribution >= 0.6 is 11.3 Å². The molecule has 0 aliphatic carbocycles. The van der Waals surface area contributed by atoms with Crippen LogP contribution in [0.2, 0.25) is 0 Å². The minimum absolute atomic E-state index is 0.536. The van der Waals surface area contributed by atoms with E-state index in [0.29, 0.717) is 6.61 Å². The Balaban J connectivity index is 1.89. The highest BCUT2D eigenvalue weighted by atomic mass is 32.1. The fourth-order valence-corrected chi connectivity index (χ4v) is 2.65. The second-order valence-corrected chi connectivity index (χ2v) is 5.84. The summed E-state index contributed by atoms with van der Waals surface area (Å²) in [4.78, 5) is 4.58. The molecule has 0 aliphatic rings. The SMILES string of the molecule is CCCNCc1nc(COc2cccc(C)c2C)cs1. The quantitative estimate of drug-likeness (QED) is 0.787. The number of benzene rings is 1. The number of nitrogens with one attached hydrogen (secondary N) is 1. The van der Waals surface area contributed by atoms with Crippen molar-refractivity contribution in [3.63, 3.8) is 0 Å². The van der Waals surface area contributed by atoms with E-state index >= 15 is 0 Å². The number of aryl methyl sites for hydroxylation is 1. The molecule has 1 aromatic heterocycles. The molecule has 4 heteroatoms. The molecule has 0 aliphatic heterocycles. The van der Waals surface area contributed by atoms with Gasteiger partial charge in [-0.1, -0.05) is 19.1 Å². The largest absolute Gasteiger partial charge is 0.487 e. The molecule has 2 rings (SSSR count). The van der Waals surface area contributed by atoms with Crippen LogP contribution in [0, 0.1) is 13.8 Å². The Kier molecular flexibility index (Phi) is 5.56. The van der Waals surface area contributed by atoms with Crippen LogP contribution in [0.3, 0.4) is 0 Å². The summed E-state index contributed by atoms with van der Waals surface area (Å²) < 4.78 is 5.87. The summed E-state index contributed by atoms with van der Waals surface area (Å²) >= 11 is 1.69. The van der Waals surface area contributed by atoms with E-state index in [1.54, 1.807) is 11.3 Å². The standard InChI is InChI=1S/C16H22N2OS/c1-4-8-17-9-16-18-14(11-20-16)10-19-15-7-5-6-12(2)13(15)3/h5-7,11,17H,4,8-10H2,1-3H3. The highest BCUT2D eigenvalue weighted by molar-refractivity contribution is 7.09. The Morgan fingerprint density at radius 3 is 2.95 bits per heavy atom. The van der Waals surface area contributed by atoms with Gasteiger partial charge in [0.1, 0.15) is 17.4 Å². The Bertz CT molecular complexity index is 551. The zero-order valence-corrected chi connectivity index (χ0v) is 13.2. The molecule has 108 valence electrons. The van der Waals surface area contributed by atoms with Gasteiger partial charge in [0.25, 0.3) is 0 Å². The summed E-state index contributed by atoms with van der Waals surface area (Å²) in [6.45, 7) is 8.77. The van der Waals surface area contributed by atoms with Crippen LogP contribution in [-0.2, 0) is 13.2 Å². The minimum atomic E-state index is 0.536. The summed E-state index contributed by atoms with van der Waals surface area (Å²) in [5.74, 6) is 0.948. The van der Waals surface area contributed by atoms with E-state index in [4.69, 9.17) is 4.74 Å². The van der Waals surface area contributed by atoms with Crippen LogP contribution in [0.1, 0.15) is 35.2 Å². The highest BCUT2D eigenvalue weighted by Crippen LogP contribution is 2.22. The zero-order valence-electron chi connectivity index (χ0n) is 12.4. The van der Waals surface area contributed by atoms with Crippen molar-refractivity contribution in [2.75, 3.05) is 6.54 Å². The third-order valence-electron chi connectivity index (χ3n) is 3.23. The van der Waals surface area contributed by atoms with Gasteiger partial charge in [-0.2, -0.15) is 0 Å². The van der Waals surface area contributed by atoms with Crippen molar-refractivity contribution in [1.82, 2.24) is 10.3 Å². The van der Waals surface area contributed by atoms with E-state index in [2.05, 4.69) is 42.5 Å². The van der Waals surface area contributed by atoms with Crippen molar-refractivity contribution < 1.29 is 4.74 Å². The van der Waals surface area contributed by atoms with Gasteiger partial charge in [0.2, 0.25) is 0 Å². The number of ether oxygens (including phenoxy) is 1. The minimum Gasteiger partial charge on any atom is -0.487 e. The van der Waals surface area contributed by atoms with Crippen molar-refractivity contribution in [2.24, 2.45) is 0 Å². The molecule has 2 aromatic rings. The predicted molar refractivity (Wildman–Crippen MR) is 84.4 cm³/mol. The first kappa shape index (κ1) is 15.0. The van der Waals surface area contributed by atoms with E-state index in [-0.39, 0.29) is 0 Å². The van der Waals surface area contributed by atoms with E-state index in [1.807, 2.05) is 12.1 Å². The summed E-state index contributed by atoms with van der Waals surface area (Å²) in [7, 11) is 0. The first-order valence-corrected chi connectivity index (χ1v) is 7.91. The van der Waals surface area contributed by atoms with Crippen molar-refractivity contribution in [1.29, 1.82) is 0 Å². The van der Waals surface area contributed by atoms with Crippen LogP contribution in [-0.4, -0.2) is 11.5 Å². The molecule has 0 unspecified atom stereocenters. The van der Waals surface area contributed by atoms with Gasteiger partial charge in [-0.3, -0.25) is 0 Å². The number of nitrogens with zero attached hydrogens (tertiary/aromatic N) is 1. The normalized spacial score (nSPS) is 10.8. The van der Waals surface area contributed by atoms with Gasteiger partial charge in [0.15, 0.2) is 0 Å². The molecule has 20 heavy (non-hydrogen) atoms. The van der Waals surface area contributed by atoms with Crippen molar-refractivity contribution >= 4 is 11.3 Å². The van der Waals surface area contributed by atoms with E-state index in [0.717, 1.165) is 36.0 Å². The second kappa shape index (κ2) is 7.41. The van der Waals surface area contributed by atoms with Gasteiger partial charge >= 0.3 is 0 Å². The maximum atomic E-state index is 5.87. The number of hydrogen-bond acceptors (Lipinski definition) is 4. The molecule has 0 saturated heterocycles. The molecule has 1 aromatic carbocycles. The number of hydrogen-bond donors (Lipinski definition) is 1. The van der Waals surface area contributed by atoms with Crippen LogP contribution in [0.5, 0.6) is 5.75 Å². The summed E-state index contributed by atoms with van der Waals surface area (Å²) in [6, 6.07) is 6.14. The van der Waals surface area contributed by atoms with Gasteiger partial charge in [0, 0.05) is 11.9 Å². The highest BCUT2D eigenvalue weighted by Gasteiger charge is 2.05. The first-order valence-electron chi connectivity index (χ1n) is 7.03. The molecule has 0 bridgehead atoms. The Morgan fingerprint density at radius 1 is 1.30 bits per heavy atom. The van der Waals surface area contributed by atoms with Crippen LogP contribution < -0.4 is 10.1 Å². The molecule has 0 radical (unpaired) electrons. The molecule has 0 amide bonds. The van der Waals surface area contributed by atoms with Gasteiger partial charge in [-0.25, -0.2) is 4.98 Å². The number of thiazole rings is 1. The molecule has 1 heterocycles. The molecule has 0 spiro atoms. The van der Waals surface area contributed by atoms with Gasteiger partial charge in [0.05, 0.1) is 5.69 Å². The first-order chi connectivity index (χ1) is 9.70. The topological polar surface area (TPSA) is 34.2 Å². The fraction of sp³-hybridized carbons (Fsp3) is 0.438. The van der Waals surface area contributed by atoms with Crippen LogP contribution in [0.4, 0.5) is 0 Å². The predicted octanol–water partition coefficient (Wildman–Crippen LogP) is 3.84. The Morgan fingerprint density at radius 2 is 2.15 bits per heavy atom. The third kappa shape index (κ3) is 4.05. The molecular formula is C16H22N2OS. The number of aromatic nitrogens is 1. The zero-order chi connectivity index (χ0) is 14.4. The molecule has 0 atom stereocenters. The lowest BCUT2D eigenvalue weighted by Crippen LogP contribution is -2.13. The molecule has 0 fully saturated rings. The average Bonchev–Trinajstić information content (AvgIpc) is 2.89. The summed E-state index contributed by atoms with van der Waals surface area (Å²) in [5.41, 5.74) is 3.46. The maximum Gasteiger partial charge on any atom is 0.131 e. The van der Waals surface area contributed by atoms with Gasteiger partial charge in [-0.05, 0) is 44.0 Å². The molecular weight excluding hydrogens is 268 g/mol. The van der Waals surface area contributed by atoms with E-state index < -0.39 is 0 Å². The van der Waals surface area contributed by atoms with Gasteiger partial charge < -0.3 is 10.1 Å². The second-order valence-electron chi connectivity index (χ2n) is 4.90. The van der Waals surface area contributed by atoms with Crippen molar-refractivity contribution in [3.8, 4) is 5.75 Å². The number of rotatable bonds is 7. The molecule has 3 nitrogen and oxygen atoms in total. The molecule has 0 saturated carbocycles. The Labute approximate surface area is 125 Å². The van der Waals surface area contributed by atoms with Crippen LogP contribution in [0.25, 0.3) is 0 Å². The fourth-order valence-electron chi connectivity index (χ4n) is 1.90. The van der Waals surface area contributed by atoms with Gasteiger partial charge in [-0.15, -0.1) is 11.3 Å². The van der Waals surface area contributed by atoms with Crippen molar-refractivity contribution in [2.45, 2.75) is 40.3 Å². The van der Waals surface area contributed by atoms with Crippen LogP contribution in [0.15, 0.2) is 23.6 Å². The lowest BCUT2D eigenvalue weighted by molar-refractivity contribution is 0.299. The summed E-state index contributed by atoms with van der Waals surface area (Å²) in [6.07, 6.45) is 1.15. The Hall–Kier alpha value is -1.39. The molecule has 1 N–H and O–H groups in total. The smallest absolute Gasteiger partial charge is 0.131 e. The third-order valence-corrected chi connectivity index (χ3v) is 4.13. The van der Waals surface area contributed by atoms with E-state index in [9.17, 15) is 0 Å². The lowest BCUT2D eigenvalue weighted by atomic mass is 10.1. The summed E-state index contributed by atoms with van der Waals surface area (Å²) in [5, 5.41) is 6.56.